The van der Waals surface area contributed by atoms with Crippen LogP contribution in [0.15, 0.2) is 18.3 Å². The highest BCUT2D eigenvalue weighted by Crippen LogP contribution is 2.15. The van der Waals surface area contributed by atoms with Crippen molar-refractivity contribution in [1.82, 2.24) is 9.88 Å². The SMILES string of the molecule is CCCN1CCN(c2cc(C(C)=O)ccn2)CC1. The van der Waals surface area contributed by atoms with Crippen molar-refractivity contribution in [2.24, 2.45) is 0 Å². The predicted octanol–water partition coefficient (Wildman–Crippen LogP) is 1.82. The first-order valence-electron chi connectivity index (χ1n) is 6.65. The molecule has 0 atom stereocenters. The second kappa shape index (κ2) is 5.96. The van der Waals surface area contributed by atoms with E-state index in [-0.39, 0.29) is 5.78 Å². The van der Waals surface area contributed by atoms with Crippen molar-refractivity contribution in [3.63, 3.8) is 0 Å². The summed E-state index contributed by atoms with van der Waals surface area (Å²) in [5.41, 5.74) is 0.746. The summed E-state index contributed by atoms with van der Waals surface area (Å²) in [4.78, 5) is 20.5. The van der Waals surface area contributed by atoms with Crippen LogP contribution >= 0.6 is 0 Å². The summed E-state index contributed by atoms with van der Waals surface area (Å²) < 4.78 is 0. The number of aromatic nitrogens is 1. The van der Waals surface area contributed by atoms with Crippen molar-refractivity contribution in [2.75, 3.05) is 37.6 Å². The number of hydrogen-bond donors (Lipinski definition) is 0. The molecule has 98 valence electrons. The van der Waals surface area contributed by atoms with Crippen molar-refractivity contribution >= 4 is 11.6 Å². The summed E-state index contributed by atoms with van der Waals surface area (Å²) >= 11 is 0. The summed E-state index contributed by atoms with van der Waals surface area (Å²) in [6.45, 7) is 9.14. The number of anilines is 1. The number of ketones is 1. The quantitative estimate of drug-likeness (QED) is 0.760. The minimum atomic E-state index is 0.100. The smallest absolute Gasteiger partial charge is 0.159 e. The Labute approximate surface area is 109 Å². The van der Waals surface area contributed by atoms with E-state index in [2.05, 4.69) is 21.7 Å². The van der Waals surface area contributed by atoms with Crippen LogP contribution in [0.25, 0.3) is 0 Å². The fourth-order valence-electron chi connectivity index (χ4n) is 2.33. The number of pyridine rings is 1. The second-order valence-corrected chi connectivity index (χ2v) is 4.79. The molecule has 1 saturated heterocycles. The van der Waals surface area contributed by atoms with Gasteiger partial charge >= 0.3 is 0 Å². The summed E-state index contributed by atoms with van der Waals surface area (Å²) in [6.07, 6.45) is 2.93. The Morgan fingerprint density at radius 1 is 1.33 bits per heavy atom. The van der Waals surface area contributed by atoms with Gasteiger partial charge in [-0.2, -0.15) is 0 Å². The number of Topliss-reactive ketones (excluding diaryl/α,β-unsaturated/α-hetero) is 1. The minimum absolute atomic E-state index is 0.100. The third kappa shape index (κ3) is 3.07. The second-order valence-electron chi connectivity index (χ2n) is 4.79. The van der Waals surface area contributed by atoms with Gasteiger partial charge in [0.05, 0.1) is 0 Å². The molecule has 0 N–H and O–H groups in total. The molecule has 0 amide bonds. The largest absolute Gasteiger partial charge is 0.354 e. The Kier molecular flexibility index (Phi) is 4.31. The van der Waals surface area contributed by atoms with E-state index in [0.717, 1.165) is 37.6 Å². The predicted molar refractivity (Wildman–Crippen MR) is 73.2 cm³/mol. The van der Waals surface area contributed by atoms with Gasteiger partial charge in [0.25, 0.3) is 0 Å². The summed E-state index contributed by atoms with van der Waals surface area (Å²) in [5.74, 6) is 1.03. The number of rotatable bonds is 4. The summed E-state index contributed by atoms with van der Waals surface area (Å²) in [7, 11) is 0. The average molecular weight is 247 g/mol. The van der Waals surface area contributed by atoms with Gasteiger partial charge in [-0.25, -0.2) is 4.98 Å². The lowest BCUT2D eigenvalue weighted by molar-refractivity contribution is 0.101. The van der Waals surface area contributed by atoms with E-state index < -0.39 is 0 Å². The fraction of sp³-hybridized carbons (Fsp3) is 0.571. The first-order valence-corrected chi connectivity index (χ1v) is 6.65. The molecule has 2 rings (SSSR count). The molecule has 0 radical (unpaired) electrons. The van der Waals surface area contributed by atoms with Gasteiger partial charge in [-0.3, -0.25) is 9.69 Å². The van der Waals surface area contributed by atoms with Crippen molar-refractivity contribution in [3.8, 4) is 0 Å². The maximum absolute atomic E-state index is 11.4. The Morgan fingerprint density at radius 3 is 2.67 bits per heavy atom. The van der Waals surface area contributed by atoms with Crippen molar-refractivity contribution in [2.45, 2.75) is 20.3 Å². The number of carbonyl (C=O) groups excluding carboxylic acids is 1. The van der Waals surface area contributed by atoms with Crippen LogP contribution in [0.2, 0.25) is 0 Å². The van der Waals surface area contributed by atoms with E-state index >= 15 is 0 Å². The molecule has 0 aromatic carbocycles. The maximum atomic E-state index is 11.4. The lowest BCUT2D eigenvalue weighted by atomic mass is 10.2. The van der Waals surface area contributed by atoms with Gasteiger partial charge in [-0.05, 0) is 32.0 Å². The van der Waals surface area contributed by atoms with Gasteiger partial charge in [-0.1, -0.05) is 6.92 Å². The first kappa shape index (κ1) is 13.0. The van der Waals surface area contributed by atoms with Crippen LogP contribution in [-0.2, 0) is 0 Å². The topological polar surface area (TPSA) is 36.4 Å². The van der Waals surface area contributed by atoms with Gasteiger partial charge in [0, 0.05) is 37.9 Å². The Bertz CT molecular complexity index is 411. The van der Waals surface area contributed by atoms with Gasteiger partial charge in [0.2, 0.25) is 0 Å². The van der Waals surface area contributed by atoms with Crippen molar-refractivity contribution < 1.29 is 4.79 Å². The molecule has 4 nitrogen and oxygen atoms in total. The molecule has 1 aliphatic heterocycles. The van der Waals surface area contributed by atoms with Gasteiger partial charge < -0.3 is 4.90 Å². The lowest BCUT2D eigenvalue weighted by Gasteiger charge is -2.35. The van der Waals surface area contributed by atoms with E-state index in [1.54, 1.807) is 19.2 Å². The molecule has 0 aliphatic carbocycles. The molecular formula is C14H21N3O. The average Bonchev–Trinajstić information content (AvgIpc) is 2.40. The monoisotopic (exact) mass is 247 g/mol. The van der Waals surface area contributed by atoms with E-state index in [9.17, 15) is 4.79 Å². The molecule has 1 aromatic heterocycles. The van der Waals surface area contributed by atoms with Crippen LogP contribution in [0.3, 0.4) is 0 Å². The number of hydrogen-bond acceptors (Lipinski definition) is 4. The molecule has 1 aromatic rings. The van der Waals surface area contributed by atoms with Crippen LogP contribution in [0.5, 0.6) is 0 Å². The zero-order chi connectivity index (χ0) is 13.0. The van der Waals surface area contributed by atoms with Crippen LogP contribution in [0.4, 0.5) is 5.82 Å². The molecule has 1 aliphatic rings. The third-order valence-corrected chi connectivity index (χ3v) is 3.39. The number of carbonyl (C=O) groups is 1. The van der Waals surface area contributed by atoms with Gasteiger partial charge in [0.1, 0.15) is 5.82 Å². The van der Waals surface area contributed by atoms with Crippen molar-refractivity contribution in [3.05, 3.63) is 23.9 Å². The van der Waals surface area contributed by atoms with Crippen LogP contribution in [-0.4, -0.2) is 48.4 Å². The molecule has 18 heavy (non-hydrogen) atoms. The minimum Gasteiger partial charge on any atom is -0.354 e. The molecule has 2 heterocycles. The van der Waals surface area contributed by atoms with Crippen LogP contribution in [0, 0.1) is 0 Å². The van der Waals surface area contributed by atoms with Gasteiger partial charge in [-0.15, -0.1) is 0 Å². The highest BCUT2D eigenvalue weighted by molar-refractivity contribution is 5.94. The van der Waals surface area contributed by atoms with E-state index in [0.29, 0.717) is 0 Å². The third-order valence-electron chi connectivity index (χ3n) is 3.39. The van der Waals surface area contributed by atoms with E-state index in [1.165, 1.54) is 13.0 Å². The fourth-order valence-corrected chi connectivity index (χ4v) is 2.33. The highest BCUT2D eigenvalue weighted by Gasteiger charge is 2.17. The summed E-state index contributed by atoms with van der Waals surface area (Å²) in [6, 6.07) is 3.68. The Balaban J connectivity index is 2.01. The van der Waals surface area contributed by atoms with Gasteiger partial charge in [0.15, 0.2) is 5.78 Å². The molecular weight excluding hydrogens is 226 g/mol. The molecule has 0 saturated carbocycles. The molecule has 0 bridgehead atoms. The zero-order valence-electron chi connectivity index (χ0n) is 11.2. The first-order chi connectivity index (χ1) is 8.70. The highest BCUT2D eigenvalue weighted by atomic mass is 16.1. The number of nitrogens with zero attached hydrogens (tertiary/aromatic N) is 3. The normalized spacial score (nSPS) is 16.9. The van der Waals surface area contributed by atoms with Crippen molar-refractivity contribution in [1.29, 1.82) is 0 Å². The molecule has 4 heteroatoms. The van der Waals surface area contributed by atoms with E-state index in [1.807, 2.05) is 6.07 Å². The lowest BCUT2D eigenvalue weighted by Crippen LogP contribution is -2.46. The van der Waals surface area contributed by atoms with Crippen LogP contribution in [0.1, 0.15) is 30.6 Å². The molecule has 1 fully saturated rings. The molecule has 0 unspecified atom stereocenters. The maximum Gasteiger partial charge on any atom is 0.159 e. The zero-order valence-corrected chi connectivity index (χ0v) is 11.2. The Hall–Kier alpha value is -1.42. The standard InChI is InChI=1S/C14H21N3O/c1-3-6-16-7-9-17(10-8-16)14-11-13(12(2)18)4-5-15-14/h4-5,11H,3,6-10H2,1-2H3. The van der Waals surface area contributed by atoms with E-state index in [4.69, 9.17) is 0 Å². The summed E-state index contributed by atoms with van der Waals surface area (Å²) in [5, 5.41) is 0. The molecule has 0 spiro atoms. The number of piperazine rings is 1. The van der Waals surface area contributed by atoms with Crippen LogP contribution < -0.4 is 4.90 Å². The Morgan fingerprint density at radius 2 is 2.06 bits per heavy atom.